The first-order chi connectivity index (χ1) is 10.3. The minimum atomic E-state index is -1.46. The van der Waals surface area contributed by atoms with Gasteiger partial charge in [-0.2, -0.15) is 0 Å². The van der Waals surface area contributed by atoms with Crippen LogP contribution in [0.3, 0.4) is 0 Å². The van der Waals surface area contributed by atoms with Crippen molar-refractivity contribution in [2.45, 2.75) is 58.8 Å². The Kier molecular flexibility index (Phi) is 5.91. The van der Waals surface area contributed by atoms with E-state index in [4.69, 9.17) is 8.23 Å². The molecule has 2 saturated heterocycles. The van der Waals surface area contributed by atoms with Crippen molar-refractivity contribution in [2.24, 2.45) is 0 Å². The van der Waals surface area contributed by atoms with Crippen LogP contribution in [0.2, 0.25) is 52.4 Å². The van der Waals surface area contributed by atoms with Gasteiger partial charge in [-0.1, -0.05) is 0 Å². The zero-order chi connectivity index (χ0) is 17.5. The highest BCUT2D eigenvalue weighted by atomic mass is 28.4. The summed E-state index contributed by atoms with van der Waals surface area (Å²) in [6.07, 6.45) is 6.16. The molecule has 8 heteroatoms. The highest BCUT2D eigenvalue weighted by Gasteiger charge is 2.42. The topological polar surface area (TPSA) is 24.9 Å². The SMILES string of the molecule is C[Si]1(C)CN(CCCN2C[Si](C)(C)O[Si](C)(C)C2)C[Si](C)(C)O1. The Morgan fingerprint density at radius 3 is 1.09 bits per heavy atom. The monoisotopic (exact) mass is 390 g/mol. The molecule has 0 atom stereocenters. The van der Waals surface area contributed by atoms with E-state index < -0.39 is 33.3 Å². The smallest absolute Gasteiger partial charge is 0.187 e. The fourth-order valence-electron chi connectivity index (χ4n) is 4.72. The molecule has 2 aliphatic heterocycles. The maximum absolute atomic E-state index is 6.46. The maximum atomic E-state index is 6.46. The standard InChI is InChI=1S/C15H38N2O2Si4/c1-20(2)12-16(13-21(3,4)18-20)10-9-11-17-14-22(5,6)19-23(7,8)15-17/h9-15H2,1-8H3. The summed E-state index contributed by atoms with van der Waals surface area (Å²) in [4.78, 5) is 5.43. The number of nitrogens with zero attached hydrogens (tertiary/aromatic N) is 2. The molecule has 0 aromatic heterocycles. The summed E-state index contributed by atoms with van der Waals surface area (Å²) < 4.78 is 12.9. The van der Waals surface area contributed by atoms with Crippen molar-refractivity contribution in [1.29, 1.82) is 0 Å². The van der Waals surface area contributed by atoms with Gasteiger partial charge in [0.2, 0.25) is 0 Å². The quantitative estimate of drug-likeness (QED) is 0.689. The highest BCUT2D eigenvalue weighted by Crippen LogP contribution is 2.24. The second-order valence-corrected chi connectivity index (χ2v) is 27.0. The van der Waals surface area contributed by atoms with Crippen LogP contribution in [0.25, 0.3) is 0 Å². The highest BCUT2D eigenvalue weighted by molar-refractivity contribution is 6.86. The van der Waals surface area contributed by atoms with E-state index >= 15 is 0 Å². The molecule has 0 aliphatic carbocycles. The lowest BCUT2D eigenvalue weighted by atomic mass is 10.4. The molecule has 2 heterocycles. The fourth-order valence-corrected chi connectivity index (χ4v) is 23.6. The molecule has 136 valence electrons. The zero-order valence-electron chi connectivity index (χ0n) is 16.7. The summed E-state index contributed by atoms with van der Waals surface area (Å²) in [5.41, 5.74) is 0. The zero-order valence-corrected chi connectivity index (χ0v) is 20.7. The molecule has 0 unspecified atom stereocenters. The average Bonchev–Trinajstić information content (AvgIpc) is 2.19. The Morgan fingerprint density at radius 2 is 0.826 bits per heavy atom. The Bertz CT molecular complexity index is 360. The second kappa shape index (κ2) is 6.79. The molecule has 2 rings (SSSR count). The molecule has 2 aliphatic rings. The lowest BCUT2D eigenvalue weighted by molar-refractivity contribution is 0.252. The van der Waals surface area contributed by atoms with Gasteiger partial charge in [-0.05, 0) is 71.9 Å². The van der Waals surface area contributed by atoms with E-state index in [-0.39, 0.29) is 0 Å². The molecule has 23 heavy (non-hydrogen) atoms. The summed E-state index contributed by atoms with van der Waals surface area (Å²) in [6.45, 7) is 21.6. The molecular formula is C15H38N2O2Si4. The van der Waals surface area contributed by atoms with E-state index in [0.29, 0.717) is 0 Å². The summed E-state index contributed by atoms with van der Waals surface area (Å²) in [7, 11) is -5.83. The first-order valence-corrected chi connectivity index (χ1v) is 21.6. The Labute approximate surface area is 148 Å². The minimum absolute atomic E-state index is 1.22. The summed E-state index contributed by atoms with van der Waals surface area (Å²) in [6, 6.07) is 0. The van der Waals surface area contributed by atoms with Gasteiger partial charge in [0.1, 0.15) is 0 Å². The van der Waals surface area contributed by atoms with Crippen LogP contribution < -0.4 is 0 Å². The minimum Gasteiger partial charge on any atom is -0.454 e. The van der Waals surface area contributed by atoms with Crippen LogP contribution in [-0.4, -0.2) is 80.8 Å². The third-order valence-corrected chi connectivity index (χ3v) is 18.1. The van der Waals surface area contributed by atoms with E-state index in [2.05, 4.69) is 62.2 Å². The predicted molar refractivity (Wildman–Crippen MR) is 110 cm³/mol. The van der Waals surface area contributed by atoms with Gasteiger partial charge in [-0.3, -0.25) is 0 Å². The average molecular weight is 391 g/mol. The van der Waals surface area contributed by atoms with E-state index in [9.17, 15) is 0 Å². The van der Waals surface area contributed by atoms with Crippen LogP contribution in [0.5, 0.6) is 0 Å². The molecule has 0 amide bonds. The second-order valence-electron chi connectivity index (χ2n) is 10.0. The van der Waals surface area contributed by atoms with Crippen molar-refractivity contribution in [2.75, 3.05) is 37.8 Å². The molecule has 0 bridgehead atoms. The lowest BCUT2D eigenvalue weighted by Gasteiger charge is -2.47. The van der Waals surface area contributed by atoms with Crippen molar-refractivity contribution >= 4 is 33.3 Å². The Hall–Kier alpha value is 0.708. The van der Waals surface area contributed by atoms with Crippen LogP contribution in [0, 0.1) is 0 Å². The van der Waals surface area contributed by atoms with Gasteiger partial charge in [-0.15, -0.1) is 0 Å². The molecule has 0 N–H and O–H groups in total. The van der Waals surface area contributed by atoms with Crippen molar-refractivity contribution < 1.29 is 8.23 Å². The Morgan fingerprint density at radius 1 is 0.565 bits per heavy atom. The van der Waals surface area contributed by atoms with Gasteiger partial charge in [-0.25, -0.2) is 0 Å². The first kappa shape index (κ1) is 20.0. The van der Waals surface area contributed by atoms with Crippen LogP contribution in [-0.2, 0) is 8.23 Å². The van der Waals surface area contributed by atoms with Crippen molar-refractivity contribution in [1.82, 2.24) is 9.80 Å². The number of rotatable bonds is 4. The van der Waals surface area contributed by atoms with Gasteiger partial charge in [0.05, 0.1) is 0 Å². The summed E-state index contributed by atoms with van der Waals surface area (Å²) in [5, 5.41) is 0. The third kappa shape index (κ3) is 6.50. The van der Waals surface area contributed by atoms with E-state index in [1.807, 2.05) is 0 Å². The van der Waals surface area contributed by atoms with Crippen LogP contribution in [0.4, 0.5) is 0 Å². The van der Waals surface area contributed by atoms with Crippen LogP contribution in [0.15, 0.2) is 0 Å². The van der Waals surface area contributed by atoms with Gasteiger partial charge in [0.15, 0.2) is 33.3 Å². The molecule has 0 radical (unpaired) electrons. The van der Waals surface area contributed by atoms with Gasteiger partial charge in [0, 0.05) is 24.7 Å². The molecular weight excluding hydrogens is 353 g/mol. The molecule has 4 nitrogen and oxygen atoms in total. The maximum Gasteiger partial charge on any atom is 0.187 e. The van der Waals surface area contributed by atoms with Crippen LogP contribution in [0.1, 0.15) is 6.42 Å². The Balaban J connectivity index is 1.83. The number of hydrogen-bond donors (Lipinski definition) is 0. The van der Waals surface area contributed by atoms with Crippen molar-refractivity contribution in [3.05, 3.63) is 0 Å². The van der Waals surface area contributed by atoms with Gasteiger partial charge in [0.25, 0.3) is 0 Å². The van der Waals surface area contributed by atoms with E-state index in [1.165, 1.54) is 44.2 Å². The fraction of sp³-hybridized carbons (Fsp3) is 1.00. The molecule has 0 saturated carbocycles. The molecule has 2 fully saturated rings. The summed E-state index contributed by atoms with van der Waals surface area (Å²) >= 11 is 0. The normalized spacial score (nSPS) is 30.3. The van der Waals surface area contributed by atoms with E-state index in [1.54, 1.807) is 0 Å². The number of hydrogen-bond acceptors (Lipinski definition) is 4. The van der Waals surface area contributed by atoms with Gasteiger partial charge >= 0.3 is 0 Å². The first-order valence-electron chi connectivity index (χ1n) is 9.13. The van der Waals surface area contributed by atoms with Crippen LogP contribution >= 0.6 is 0 Å². The molecule has 0 spiro atoms. The largest absolute Gasteiger partial charge is 0.454 e. The lowest BCUT2D eigenvalue weighted by Crippen LogP contribution is -2.64. The van der Waals surface area contributed by atoms with Crippen molar-refractivity contribution in [3.63, 3.8) is 0 Å². The predicted octanol–water partition coefficient (Wildman–Crippen LogP) is 3.02. The van der Waals surface area contributed by atoms with Gasteiger partial charge < -0.3 is 18.0 Å². The van der Waals surface area contributed by atoms with Crippen molar-refractivity contribution in [3.8, 4) is 0 Å². The molecule has 0 aromatic carbocycles. The third-order valence-electron chi connectivity index (χ3n) is 4.47. The molecule has 0 aromatic rings. The summed E-state index contributed by atoms with van der Waals surface area (Å²) in [5.74, 6) is 0. The van der Waals surface area contributed by atoms with E-state index in [0.717, 1.165) is 0 Å².